The molecule has 1 aliphatic carbocycles. The zero-order valence-corrected chi connectivity index (χ0v) is 33.7. The molecule has 0 fully saturated rings. The molecule has 0 unspecified atom stereocenters. The number of fused-ring (bicyclic) bond motifs is 6. The number of thiophene rings is 1. The molecule has 0 saturated carbocycles. The van der Waals surface area contributed by atoms with E-state index in [9.17, 15) is 5.48 Å². The SMILES string of the molecule is [2H]c1c([2H])c([2H])c(-c2c([2H])c([2H])c(-c3nc(-c4ccc(-c5ccc6sc7ccccc7c6c5)cc4)nc(-c4cccc5c4-c4ccccc4C5(c4ccccc4)c4ccccc4)n3)c([2H])c2[2H])c([2H])c1[2H]. The Labute approximate surface area is 377 Å². The van der Waals surface area contributed by atoms with Gasteiger partial charge in [-0.1, -0.05) is 206 Å². The largest absolute Gasteiger partial charge is 0.208 e. The lowest BCUT2D eigenvalue weighted by Crippen LogP contribution is -2.28. The lowest BCUT2D eigenvalue weighted by Gasteiger charge is -2.33. The van der Waals surface area contributed by atoms with Crippen LogP contribution in [0.25, 0.3) is 87.7 Å². The third-order valence-electron chi connectivity index (χ3n) is 11.8. The van der Waals surface area contributed by atoms with Crippen LogP contribution in [0, 0.1) is 0 Å². The highest BCUT2D eigenvalue weighted by atomic mass is 32.1. The fourth-order valence-corrected chi connectivity index (χ4v) is 10.1. The van der Waals surface area contributed by atoms with E-state index in [0.29, 0.717) is 11.1 Å². The quantitative estimate of drug-likeness (QED) is 0.161. The van der Waals surface area contributed by atoms with Gasteiger partial charge in [0.1, 0.15) is 0 Å². The molecular formula is C58H37N3S. The van der Waals surface area contributed by atoms with Crippen LogP contribution in [0.1, 0.15) is 34.6 Å². The Hall–Kier alpha value is -7.79. The summed E-state index contributed by atoms with van der Waals surface area (Å²) in [5.41, 5.74) is 7.54. The molecule has 9 aromatic carbocycles. The molecule has 0 amide bonds. The van der Waals surface area contributed by atoms with Crippen molar-refractivity contribution in [2.45, 2.75) is 5.41 Å². The Morgan fingerprint density at radius 1 is 0.371 bits per heavy atom. The first-order chi connectivity index (χ1) is 34.5. The lowest BCUT2D eigenvalue weighted by atomic mass is 9.67. The maximum absolute atomic E-state index is 9.44. The number of hydrogen-bond donors (Lipinski definition) is 0. The first-order valence-corrected chi connectivity index (χ1v) is 21.1. The summed E-state index contributed by atoms with van der Waals surface area (Å²) in [6.45, 7) is 0. The van der Waals surface area contributed by atoms with E-state index in [1.165, 1.54) is 20.2 Å². The number of rotatable bonds is 7. The van der Waals surface area contributed by atoms with Gasteiger partial charge in [0.25, 0.3) is 0 Å². The van der Waals surface area contributed by atoms with Gasteiger partial charge in [-0.2, -0.15) is 0 Å². The van der Waals surface area contributed by atoms with Crippen LogP contribution in [0.4, 0.5) is 0 Å². The molecule has 11 aromatic rings. The Morgan fingerprint density at radius 3 is 1.68 bits per heavy atom. The highest BCUT2D eigenvalue weighted by Crippen LogP contribution is 2.58. The van der Waals surface area contributed by atoms with Gasteiger partial charge in [0.15, 0.2) is 17.5 Å². The van der Waals surface area contributed by atoms with Crippen LogP contribution in [0.5, 0.6) is 0 Å². The van der Waals surface area contributed by atoms with E-state index >= 15 is 0 Å². The van der Waals surface area contributed by atoms with Gasteiger partial charge in [0.2, 0.25) is 0 Å². The summed E-state index contributed by atoms with van der Waals surface area (Å²) in [6, 6.07) is 52.3. The Bertz CT molecular complexity index is 3900. The summed E-state index contributed by atoms with van der Waals surface area (Å²) >= 11 is 1.76. The summed E-state index contributed by atoms with van der Waals surface area (Å²) in [4.78, 5) is 15.2. The minimum atomic E-state index is -0.737. The molecule has 12 rings (SSSR count). The molecular weight excluding hydrogens is 771 g/mol. The van der Waals surface area contributed by atoms with E-state index in [1.807, 2.05) is 84.9 Å². The molecule has 4 heteroatoms. The van der Waals surface area contributed by atoms with E-state index in [2.05, 4.69) is 84.9 Å². The molecule has 1 aliphatic rings. The van der Waals surface area contributed by atoms with Crippen LogP contribution in [0.2, 0.25) is 0 Å². The van der Waals surface area contributed by atoms with E-state index in [-0.39, 0.29) is 23.0 Å². The number of benzene rings is 9. The second kappa shape index (κ2) is 14.7. The van der Waals surface area contributed by atoms with Crippen LogP contribution in [-0.2, 0) is 5.41 Å². The second-order valence-corrected chi connectivity index (χ2v) is 16.3. The Morgan fingerprint density at radius 2 is 0.919 bits per heavy atom. The van der Waals surface area contributed by atoms with Crippen molar-refractivity contribution in [3.8, 4) is 67.5 Å². The molecule has 290 valence electrons. The van der Waals surface area contributed by atoms with Gasteiger partial charge < -0.3 is 0 Å². The zero-order valence-electron chi connectivity index (χ0n) is 41.9. The fourth-order valence-electron chi connectivity index (χ4n) is 9.06. The first-order valence-electron chi connectivity index (χ1n) is 24.8. The number of hydrogen-bond acceptors (Lipinski definition) is 4. The zero-order chi connectivity index (χ0) is 48.9. The van der Waals surface area contributed by atoms with Crippen molar-refractivity contribution >= 4 is 31.5 Å². The van der Waals surface area contributed by atoms with Crippen molar-refractivity contribution in [1.29, 1.82) is 0 Å². The average Bonchev–Trinajstić information content (AvgIpc) is 3.94. The normalized spacial score (nSPS) is 14.7. The molecule has 3 nitrogen and oxygen atoms in total. The lowest BCUT2D eigenvalue weighted by molar-refractivity contribution is 0.768. The van der Waals surface area contributed by atoms with Crippen LogP contribution >= 0.6 is 11.3 Å². The predicted molar refractivity (Wildman–Crippen MR) is 257 cm³/mol. The highest BCUT2D eigenvalue weighted by molar-refractivity contribution is 7.25. The van der Waals surface area contributed by atoms with Crippen LogP contribution in [0.3, 0.4) is 0 Å². The van der Waals surface area contributed by atoms with Gasteiger partial charge in [-0.05, 0) is 73.8 Å². The summed E-state index contributed by atoms with van der Waals surface area (Å²) in [7, 11) is 0. The summed E-state index contributed by atoms with van der Waals surface area (Å²) in [5, 5.41) is 2.38. The number of aromatic nitrogens is 3. The molecule has 62 heavy (non-hydrogen) atoms. The summed E-state index contributed by atoms with van der Waals surface area (Å²) in [6.07, 6.45) is 0. The molecule has 0 N–H and O–H groups in total. The highest BCUT2D eigenvalue weighted by Gasteiger charge is 2.47. The summed E-state index contributed by atoms with van der Waals surface area (Å²) < 4.78 is 81.9. The second-order valence-electron chi connectivity index (χ2n) is 15.2. The van der Waals surface area contributed by atoms with Crippen LogP contribution in [0.15, 0.2) is 224 Å². The molecule has 2 heterocycles. The fraction of sp³-hybridized carbons (Fsp3) is 0.0172. The molecule has 2 aromatic heterocycles. The van der Waals surface area contributed by atoms with Crippen molar-refractivity contribution in [2.24, 2.45) is 0 Å². The van der Waals surface area contributed by atoms with E-state index in [1.54, 1.807) is 11.3 Å². The van der Waals surface area contributed by atoms with Gasteiger partial charge in [0.05, 0.1) is 17.8 Å². The minimum absolute atomic E-state index is 0.130. The average molecular weight is 817 g/mol. The molecule has 0 atom stereocenters. The van der Waals surface area contributed by atoms with Crippen LogP contribution < -0.4 is 0 Å². The minimum Gasteiger partial charge on any atom is -0.208 e. The third-order valence-corrected chi connectivity index (χ3v) is 13.0. The van der Waals surface area contributed by atoms with Gasteiger partial charge in [-0.15, -0.1) is 11.3 Å². The Balaban J connectivity index is 1.09. The van der Waals surface area contributed by atoms with Crippen molar-refractivity contribution in [2.75, 3.05) is 0 Å². The van der Waals surface area contributed by atoms with Crippen molar-refractivity contribution in [3.63, 3.8) is 0 Å². The maximum Gasteiger partial charge on any atom is 0.164 e. The molecule has 0 aliphatic heterocycles. The maximum atomic E-state index is 9.44. The van der Waals surface area contributed by atoms with Gasteiger partial charge >= 0.3 is 0 Å². The van der Waals surface area contributed by atoms with Gasteiger partial charge in [-0.3, -0.25) is 0 Å². The monoisotopic (exact) mass is 816 g/mol. The Kier molecular flexibility index (Phi) is 6.62. The van der Waals surface area contributed by atoms with E-state index in [4.69, 9.17) is 21.8 Å². The first kappa shape index (κ1) is 27.9. The van der Waals surface area contributed by atoms with Crippen LogP contribution in [-0.4, -0.2) is 15.0 Å². The smallest absolute Gasteiger partial charge is 0.164 e. The molecule has 0 radical (unpaired) electrons. The molecule has 0 saturated heterocycles. The van der Waals surface area contributed by atoms with Crippen molar-refractivity contribution in [3.05, 3.63) is 246 Å². The molecule has 0 spiro atoms. The van der Waals surface area contributed by atoms with E-state index in [0.717, 1.165) is 44.5 Å². The topological polar surface area (TPSA) is 38.7 Å². The third kappa shape index (κ3) is 5.83. The van der Waals surface area contributed by atoms with Gasteiger partial charge in [0, 0.05) is 36.9 Å². The standard InChI is InChI=1S/C58H37N3S/c1-4-15-38(16-5-1)39-27-31-41(32-28-39)55-59-56(42-33-29-40(30-34-42)43-35-36-53-49(37-43)46-21-11-13-26-52(46)62-53)61-57(60-55)48-23-14-25-51-54(48)47-22-10-12-24-50(47)58(51,44-17-6-2-7-18-44)45-19-8-3-9-20-45/h1-37H/i1D,4D,5D,15D,16D,27D,28D,31D,32D. The van der Waals surface area contributed by atoms with Gasteiger partial charge in [-0.25, -0.2) is 15.0 Å². The molecule has 0 bridgehead atoms. The van der Waals surface area contributed by atoms with Crippen molar-refractivity contribution in [1.82, 2.24) is 15.0 Å². The number of nitrogens with zero attached hydrogens (tertiary/aromatic N) is 3. The summed E-state index contributed by atoms with van der Waals surface area (Å²) in [5.74, 6) is 0.331. The predicted octanol–water partition coefficient (Wildman–Crippen LogP) is 14.9. The van der Waals surface area contributed by atoms with Crippen molar-refractivity contribution < 1.29 is 12.3 Å². The van der Waals surface area contributed by atoms with E-state index < -0.39 is 70.9 Å².